The predicted molar refractivity (Wildman–Crippen MR) is 161 cm³/mol. The second-order valence-corrected chi connectivity index (χ2v) is 12.7. The normalized spacial score (nSPS) is 12.2. The number of halogens is 2. The minimum atomic E-state index is -4.23. The van der Waals surface area contributed by atoms with Crippen LogP contribution in [0.4, 0.5) is 5.69 Å². The minimum Gasteiger partial charge on any atom is -0.354 e. The Kier molecular flexibility index (Phi) is 11.0. The molecule has 0 fully saturated rings. The molecule has 1 unspecified atom stereocenters. The Balaban J connectivity index is 2.00. The molecule has 7 nitrogen and oxygen atoms in total. The molecule has 0 spiro atoms. The molecule has 2 amide bonds. The maximum Gasteiger partial charge on any atom is 0.264 e. The lowest BCUT2D eigenvalue weighted by atomic mass is 10.1. The van der Waals surface area contributed by atoms with E-state index in [9.17, 15) is 18.0 Å². The number of amides is 2. The molecule has 0 saturated carbocycles. The van der Waals surface area contributed by atoms with Crippen LogP contribution in [-0.2, 0) is 26.0 Å². The number of carbonyl (C=O) groups is 2. The van der Waals surface area contributed by atoms with Crippen molar-refractivity contribution >= 4 is 50.7 Å². The summed E-state index contributed by atoms with van der Waals surface area (Å²) < 4.78 is 28.8. The lowest BCUT2D eigenvalue weighted by molar-refractivity contribution is -0.138. The van der Waals surface area contributed by atoms with Crippen LogP contribution in [0, 0.1) is 12.8 Å². The first kappa shape index (κ1) is 31.5. The van der Waals surface area contributed by atoms with E-state index in [1.165, 1.54) is 23.1 Å². The number of hydrogen-bond acceptors (Lipinski definition) is 4. The van der Waals surface area contributed by atoms with Gasteiger partial charge < -0.3 is 10.2 Å². The topological polar surface area (TPSA) is 86.8 Å². The van der Waals surface area contributed by atoms with Crippen molar-refractivity contribution in [1.82, 2.24) is 10.2 Å². The molecule has 10 heteroatoms. The highest BCUT2D eigenvalue weighted by atomic mass is 35.5. The van der Waals surface area contributed by atoms with E-state index in [2.05, 4.69) is 5.32 Å². The third-order valence-electron chi connectivity index (χ3n) is 6.42. The van der Waals surface area contributed by atoms with Crippen LogP contribution in [0.15, 0.2) is 77.7 Å². The first-order valence-corrected chi connectivity index (χ1v) is 15.3. The molecule has 0 aliphatic heterocycles. The Bertz CT molecular complexity index is 1410. The van der Waals surface area contributed by atoms with Gasteiger partial charge in [0.05, 0.1) is 20.6 Å². The van der Waals surface area contributed by atoms with E-state index >= 15 is 0 Å². The average Bonchev–Trinajstić information content (AvgIpc) is 2.92. The van der Waals surface area contributed by atoms with Gasteiger partial charge in [0.25, 0.3) is 10.0 Å². The fourth-order valence-corrected chi connectivity index (χ4v) is 5.93. The van der Waals surface area contributed by atoms with Gasteiger partial charge >= 0.3 is 0 Å². The summed E-state index contributed by atoms with van der Waals surface area (Å²) in [6.07, 6.45) is 0.483. The van der Waals surface area contributed by atoms with Crippen molar-refractivity contribution in [2.45, 2.75) is 45.1 Å². The fraction of sp³-hybridized carbons (Fsp3) is 0.333. The van der Waals surface area contributed by atoms with Gasteiger partial charge in [0.2, 0.25) is 11.8 Å². The molecule has 40 heavy (non-hydrogen) atoms. The number of benzene rings is 3. The van der Waals surface area contributed by atoms with Gasteiger partial charge in [-0.25, -0.2) is 8.42 Å². The van der Waals surface area contributed by atoms with Crippen molar-refractivity contribution < 1.29 is 18.0 Å². The highest BCUT2D eigenvalue weighted by Crippen LogP contribution is 2.35. The maximum absolute atomic E-state index is 13.9. The van der Waals surface area contributed by atoms with Crippen LogP contribution in [0.1, 0.15) is 31.9 Å². The van der Waals surface area contributed by atoms with Gasteiger partial charge in [0.15, 0.2) is 0 Å². The van der Waals surface area contributed by atoms with Crippen molar-refractivity contribution in [1.29, 1.82) is 0 Å². The molecule has 0 saturated heterocycles. The average molecular weight is 605 g/mol. The number of nitrogens with one attached hydrogen (secondary N) is 1. The van der Waals surface area contributed by atoms with Crippen LogP contribution in [0.25, 0.3) is 0 Å². The smallest absolute Gasteiger partial charge is 0.264 e. The minimum absolute atomic E-state index is 0.000465. The fourth-order valence-electron chi connectivity index (χ4n) is 4.06. The van der Waals surface area contributed by atoms with Crippen molar-refractivity contribution in [3.05, 3.63) is 94.0 Å². The third-order valence-corrected chi connectivity index (χ3v) is 9.01. The summed E-state index contributed by atoms with van der Waals surface area (Å²) in [6, 6.07) is 19.7. The van der Waals surface area contributed by atoms with E-state index in [1.807, 2.05) is 51.1 Å². The van der Waals surface area contributed by atoms with Crippen molar-refractivity contribution in [3.8, 4) is 0 Å². The number of hydrogen-bond donors (Lipinski definition) is 1. The van der Waals surface area contributed by atoms with Gasteiger partial charge in [-0.15, -0.1) is 0 Å². The van der Waals surface area contributed by atoms with Gasteiger partial charge in [-0.3, -0.25) is 13.9 Å². The molecule has 0 bridgehead atoms. The zero-order valence-electron chi connectivity index (χ0n) is 23.1. The van der Waals surface area contributed by atoms with Gasteiger partial charge in [0.1, 0.15) is 12.6 Å². The van der Waals surface area contributed by atoms with Crippen LogP contribution in [-0.4, -0.2) is 50.8 Å². The zero-order chi connectivity index (χ0) is 29.4. The van der Waals surface area contributed by atoms with Gasteiger partial charge in [-0.05, 0) is 56.0 Å². The zero-order valence-corrected chi connectivity index (χ0v) is 25.4. The molecule has 0 radical (unpaired) electrons. The Hall–Kier alpha value is -3.07. The van der Waals surface area contributed by atoms with E-state index in [0.717, 1.165) is 15.4 Å². The van der Waals surface area contributed by atoms with E-state index in [4.69, 9.17) is 23.2 Å². The summed E-state index contributed by atoms with van der Waals surface area (Å²) in [5.74, 6) is -0.636. The van der Waals surface area contributed by atoms with Crippen LogP contribution >= 0.6 is 23.2 Å². The van der Waals surface area contributed by atoms with Crippen LogP contribution in [0.5, 0.6) is 0 Å². The molecule has 0 aromatic heterocycles. The maximum atomic E-state index is 13.9. The van der Waals surface area contributed by atoms with Crippen LogP contribution in [0.2, 0.25) is 10.0 Å². The van der Waals surface area contributed by atoms with Crippen molar-refractivity contribution in [2.75, 3.05) is 23.9 Å². The lowest BCUT2D eigenvalue weighted by Crippen LogP contribution is -2.52. The predicted octanol–water partition coefficient (Wildman–Crippen LogP) is 5.73. The van der Waals surface area contributed by atoms with E-state index in [-0.39, 0.29) is 39.0 Å². The largest absolute Gasteiger partial charge is 0.354 e. The standard InChI is InChI=1S/C30H35Cl2N3O4S/c1-21(2)19-33-30(37)23(4)34(18-17-24-9-6-5-7-10-24)28(36)20-35(27-12-8-11-26(31)29(27)32)40(38,39)25-15-13-22(3)14-16-25/h5-16,21,23H,17-20H2,1-4H3,(H,33,37). The summed E-state index contributed by atoms with van der Waals surface area (Å²) in [5.41, 5.74) is 1.94. The Morgan fingerprint density at radius 1 is 0.900 bits per heavy atom. The van der Waals surface area contributed by atoms with Crippen LogP contribution < -0.4 is 9.62 Å². The first-order valence-electron chi connectivity index (χ1n) is 13.1. The number of nitrogens with zero attached hydrogens (tertiary/aromatic N) is 2. The summed E-state index contributed by atoms with van der Waals surface area (Å²) in [6.45, 7) is 7.53. The molecule has 1 atom stereocenters. The second-order valence-electron chi connectivity index (χ2n) is 10.0. The van der Waals surface area contributed by atoms with Gasteiger partial charge in [-0.2, -0.15) is 0 Å². The Morgan fingerprint density at radius 2 is 1.55 bits per heavy atom. The SMILES string of the molecule is Cc1ccc(S(=O)(=O)N(CC(=O)N(CCc2ccccc2)C(C)C(=O)NCC(C)C)c2cccc(Cl)c2Cl)cc1. The number of rotatable bonds is 12. The van der Waals surface area contributed by atoms with E-state index in [0.29, 0.717) is 13.0 Å². The van der Waals surface area contributed by atoms with E-state index in [1.54, 1.807) is 31.2 Å². The van der Waals surface area contributed by atoms with Crippen LogP contribution in [0.3, 0.4) is 0 Å². The highest BCUT2D eigenvalue weighted by Gasteiger charge is 2.33. The molecule has 0 aliphatic carbocycles. The molecule has 1 N–H and O–H groups in total. The molecule has 3 aromatic carbocycles. The monoisotopic (exact) mass is 603 g/mol. The second kappa shape index (κ2) is 14.0. The van der Waals surface area contributed by atoms with Gasteiger partial charge in [0, 0.05) is 13.1 Å². The first-order chi connectivity index (χ1) is 18.9. The van der Waals surface area contributed by atoms with Crippen molar-refractivity contribution in [3.63, 3.8) is 0 Å². The van der Waals surface area contributed by atoms with Crippen molar-refractivity contribution in [2.24, 2.45) is 5.92 Å². The summed E-state index contributed by atoms with van der Waals surface area (Å²) in [7, 11) is -4.23. The third kappa shape index (κ3) is 7.99. The molecular formula is C30H35Cl2N3O4S. The quantitative estimate of drug-likeness (QED) is 0.286. The highest BCUT2D eigenvalue weighted by molar-refractivity contribution is 7.92. The molecule has 3 rings (SSSR count). The lowest BCUT2D eigenvalue weighted by Gasteiger charge is -2.32. The molecule has 0 heterocycles. The van der Waals surface area contributed by atoms with Gasteiger partial charge in [-0.1, -0.05) is 91.1 Å². The Morgan fingerprint density at radius 3 is 2.17 bits per heavy atom. The molecular weight excluding hydrogens is 569 g/mol. The summed E-state index contributed by atoms with van der Waals surface area (Å²) in [5, 5.41) is 3.03. The molecule has 214 valence electrons. The summed E-state index contributed by atoms with van der Waals surface area (Å²) in [4.78, 5) is 28.4. The number of carbonyl (C=O) groups excluding carboxylic acids is 2. The van der Waals surface area contributed by atoms with E-state index < -0.39 is 28.5 Å². The number of aryl methyl sites for hydroxylation is 1. The Labute approximate surface area is 247 Å². The number of anilines is 1. The summed E-state index contributed by atoms with van der Waals surface area (Å²) >= 11 is 12.7. The molecule has 0 aliphatic rings. The number of sulfonamides is 1. The molecule has 3 aromatic rings.